The molecule has 0 unspecified atom stereocenters. The van der Waals surface area contributed by atoms with Gasteiger partial charge in [-0.3, -0.25) is 0 Å². The Labute approximate surface area is 104 Å². The second-order valence-corrected chi connectivity index (χ2v) is 5.47. The number of hydrogen-bond donors (Lipinski definition) is 1. The van der Waals surface area contributed by atoms with Crippen LogP contribution in [-0.4, -0.2) is 13.1 Å². The summed E-state index contributed by atoms with van der Waals surface area (Å²) in [4.78, 5) is 0. The first-order valence-electron chi connectivity index (χ1n) is 6.48. The molecule has 0 saturated carbocycles. The highest BCUT2D eigenvalue weighted by atomic mass is 32.1. The molecule has 1 nitrogen and oxygen atoms in total. The third-order valence-electron chi connectivity index (χ3n) is 3.59. The molecule has 0 radical (unpaired) electrons. The second kappa shape index (κ2) is 7.08. The summed E-state index contributed by atoms with van der Waals surface area (Å²) < 4.78 is 0. The van der Waals surface area contributed by atoms with Gasteiger partial charge in [0, 0.05) is 6.54 Å². The lowest BCUT2D eigenvalue weighted by Crippen LogP contribution is -2.35. The molecule has 1 aromatic rings. The van der Waals surface area contributed by atoms with Gasteiger partial charge in [0.1, 0.15) is 0 Å². The molecule has 0 aromatic carbocycles. The van der Waals surface area contributed by atoms with Gasteiger partial charge in [-0.2, -0.15) is 11.3 Å². The van der Waals surface area contributed by atoms with Crippen LogP contribution >= 0.6 is 11.3 Å². The van der Waals surface area contributed by atoms with Crippen molar-refractivity contribution >= 4 is 11.3 Å². The zero-order valence-corrected chi connectivity index (χ0v) is 11.7. The maximum Gasteiger partial charge on any atom is 0.00108 e. The van der Waals surface area contributed by atoms with E-state index >= 15 is 0 Å². The average Bonchev–Trinajstić information content (AvgIpc) is 2.81. The van der Waals surface area contributed by atoms with Crippen LogP contribution in [0.4, 0.5) is 0 Å². The van der Waals surface area contributed by atoms with Crippen molar-refractivity contribution in [3.05, 3.63) is 22.4 Å². The van der Waals surface area contributed by atoms with E-state index in [9.17, 15) is 0 Å². The topological polar surface area (TPSA) is 12.0 Å². The van der Waals surface area contributed by atoms with E-state index in [1.165, 1.54) is 31.2 Å². The van der Waals surface area contributed by atoms with E-state index in [-0.39, 0.29) is 0 Å². The summed E-state index contributed by atoms with van der Waals surface area (Å²) >= 11 is 1.81. The maximum atomic E-state index is 3.59. The van der Waals surface area contributed by atoms with E-state index in [4.69, 9.17) is 0 Å². The van der Waals surface area contributed by atoms with Crippen molar-refractivity contribution in [2.45, 2.75) is 46.5 Å². The van der Waals surface area contributed by atoms with Crippen molar-refractivity contribution in [1.82, 2.24) is 5.32 Å². The van der Waals surface area contributed by atoms with Gasteiger partial charge in [-0.1, -0.05) is 20.8 Å². The molecular formula is C14H25NS. The molecule has 1 N–H and O–H groups in total. The standard InChI is InChI=1S/C14H25NS/c1-4-8-15-12-14(5-2,6-3)10-13-7-9-16-11-13/h7,9,11,15H,4-6,8,10,12H2,1-3H3. The largest absolute Gasteiger partial charge is 0.316 e. The van der Waals surface area contributed by atoms with Gasteiger partial charge in [-0.25, -0.2) is 0 Å². The van der Waals surface area contributed by atoms with Crippen molar-refractivity contribution < 1.29 is 0 Å². The van der Waals surface area contributed by atoms with Gasteiger partial charge in [0.05, 0.1) is 0 Å². The van der Waals surface area contributed by atoms with Crippen LogP contribution in [0, 0.1) is 5.41 Å². The van der Waals surface area contributed by atoms with Gasteiger partial charge in [0.15, 0.2) is 0 Å². The molecule has 0 aliphatic rings. The van der Waals surface area contributed by atoms with E-state index in [0.29, 0.717) is 5.41 Å². The molecule has 16 heavy (non-hydrogen) atoms. The zero-order valence-electron chi connectivity index (χ0n) is 10.9. The fraction of sp³-hybridized carbons (Fsp3) is 0.714. The Balaban J connectivity index is 2.56. The average molecular weight is 239 g/mol. The molecule has 0 bridgehead atoms. The zero-order chi connectivity index (χ0) is 11.9. The first kappa shape index (κ1) is 13.7. The SMILES string of the molecule is CCCNCC(CC)(CC)Cc1ccsc1. The summed E-state index contributed by atoms with van der Waals surface area (Å²) in [6, 6.07) is 2.27. The fourth-order valence-corrected chi connectivity index (χ4v) is 2.84. The Morgan fingerprint density at radius 2 is 2.00 bits per heavy atom. The lowest BCUT2D eigenvalue weighted by Gasteiger charge is -2.32. The van der Waals surface area contributed by atoms with Crippen molar-refractivity contribution in [2.75, 3.05) is 13.1 Å². The van der Waals surface area contributed by atoms with E-state index in [1.54, 1.807) is 0 Å². The van der Waals surface area contributed by atoms with Crippen molar-refractivity contribution in [3.63, 3.8) is 0 Å². The number of nitrogens with one attached hydrogen (secondary N) is 1. The molecule has 1 aromatic heterocycles. The summed E-state index contributed by atoms with van der Waals surface area (Å²) in [6.45, 7) is 9.17. The maximum absolute atomic E-state index is 3.59. The van der Waals surface area contributed by atoms with Gasteiger partial charge in [-0.15, -0.1) is 0 Å². The highest BCUT2D eigenvalue weighted by Crippen LogP contribution is 2.31. The van der Waals surface area contributed by atoms with Gasteiger partial charge in [0.25, 0.3) is 0 Å². The van der Waals surface area contributed by atoms with Crippen LogP contribution in [0.5, 0.6) is 0 Å². The van der Waals surface area contributed by atoms with E-state index < -0.39 is 0 Å². The normalized spacial score (nSPS) is 11.9. The third kappa shape index (κ3) is 3.91. The molecule has 0 aliphatic carbocycles. The van der Waals surface area contributed by atoms with Crippen LogP contribution in [0.25, 0.3) is 0 Å². The highest BCUT2D eigenvalue weighted by molar-refractivity contribution is 7.07. The van der Waals surface area contributed by atoms with E-state index in [2.05, 4.69) is 42.9 Å². The van der Waals surface area contributed by atoms with Gasteiger partial charge < -0.3 is 5.32 Å². The van der Waals surface area contributed by atoms with Crippen LogP contribution < -0.4 is 5.32 Å². The molecule has 0 atom stereocenters. The number of hydrogen-bond acceptors (Lipinski definition) is 2. The van der Waals surface area contributed by atoms with Crippen molar-refractivity contribution in [3.8, 4) is 0 Å². The summed E-state index contributed by atoms with van der Waals surface area (Å²) in [5.74, 6) is 0. The number of thiophene rings is 1. The Hall–Kier alpha value is -0.340. The van der Waals surface area contributed by atoms with Crippen molar-refractivity contribution in [1.29, 1.82) is 0 Å². The Morgan fingerprint density at radius 1 is 1.25 bits per heavy atom. The van der Waals surface area contributed by atoms with Crippen LogP contribution in [0.2, 0.25) is 0 Å². The lowest BCUT2D eigenvalue weighted by atomic mass is 9.77. The monoisotopic (exact) mass is 239 g/mol. The molecule has 0 fully saturated rings. The van der Waals surface area contributed by atoms with Crippen LogP contribution in [0.15, 0.2) is 16.8 Å². The molecule has 2 heteroatoms. The van der Waals surface area contributed by atoms with Crippen LogP contribution in [-0.2, 0) is 6.42 Å². The molecule has 92 valence electrons. The predicted octanol–water partition coefficient (Wildman–Crippen LogP) is 4.10. The minimum atomic E-state index is 0.455. The first-order chi connectivity index (χ1) is 7.76. The molecular weight excluding hydrogens is 214 g/mol. The summed E-state index contributed by atoms with van der Waals surface area (Å²) in [5, 5.41) is 8.07. The first-order valence-corrected chi connectivity index (χ1v) is 7.42. The van der Waals surface area contributed by atoms with Crippen molar-refractivity contribution in [2.24, 2.45) is 5.41 Å². The minimum Gasteiger partial charge on any atom is -0.316 e. The summed E-state index contributed by atoms with van der Waals surface area (Å²) in [6.07, 6.45) is 4.97. The van der Waals surface area contributed by atoms with E-state index in [0.717, 1.165) is 13.1 Å². The molecule has 0 spiro atoms. The molecule has 1 heterocycles. The summed E-state index contributed by atoms with van der Waals surface area (Å²) in [5.41, 5.74) is 1.96. The van der Waals surface area contributed by atoms with Gasteiger partial charge in [0.2, 0.25) is 0 Å². The Bertz CT molecular complexity index is 262. The molecule has 0 saturated heterocycles. The minimum absolute atomic E-state index is 0.455. The summed E-state index contributed by atoms with van der Waals surface area (Å²) in [7, 11) is 0. The van der Waals surface area contributed by atoms with E-state index in [1.807, 2.05) is 11.3 Å². The predicted molar refractivity (Wildman–Crippen MR) is 74.2 cm³/mol. The Kier molecular flexibility index (Phi) is 6.07. The second-order valence-electron chi connectivity index (χ2n) is 4.69. The fourth-order valence-electron chi connectivity index (χ4n) is 2.17. The Morgan fingerprint density at radius 3 is 2.50 bits per heavy atom. The quantitative estimate of drug-likeness (QED) is 0.674. The highest BCUT2D eigenvalue weighted by Gasteiger charge is 2.25. The third-order valence-corrected chi connectivity index (χ3v) is 4.32. The molecule has 0 amide bonds. The van der Waals surface area contributed by atoms with Crippen LogP contribution in [0.1, 0.15) is 45.6 Å². The van der Waals surface area contributed by atoms with Gasteiger partial charge >= 0.3 is 0 Å². The lowest BCUT2D eigenvalue weighted by molar-refractivity contribution is 0.247. The van der Waals surface area contributed by atoms with Crippen LogP contribution in [0.3, 0.4) is 0 Å². The molecule has 0 aliphatic heterocycles. The molecule has 1 rings (SSSR count). The smallest absolute Gasteiger partial charge is 0.00108 e. The van der Waals surface area contributed by atoms with Gasteiger partial charge in [-0.05, 0) is 60.0 Å². The number of rotatable bonds is 8.